The van der Waals surface area contributed by atoms with Crippen LogP contribution in [0, 0.1) is 0 Å². The molecule has 2 N–H and O–H groups in total. The topological polar surface area (TPSA) is 38.5 Å². The molecule has 0 saturated heterocycles. The minimum atomic E-state index is 0.469. The Balaban J connectivity index is 2.84. The van der Waals surface area contributed by atoms with Gasteiger partial charge in [-0.05, 0) is 37.5 Å². The summed E-state index contributed by atoms with van der Waals surface area (Å²) in [4.78, 5) is 2.22. The van der Waals surface area contributed by atoms with Crippen molar-refractivity contribution in [3.05, 3.63) is 18.2 Å². The molecule has 0 fully saturated rings. The first-order valence-corrected chi connectivity index (χ1v) is 7.15. The summed E-state index contributed by atoms with van der Waals surface area (Å²) >= 11 is 1.87. The van der Waals surface area contributed by atoms with E-state index in [-0.39, 0.29) is 0 Å². The molecule has 3 nitrogen and oxygen atoms in total. The third-order valence-corrected chi connectivity index (χ3v) is 3.69. The van der Waals surface area contributed by atoms with Crippen molar-refractivity contribution in [3.8, 4) is 5.75 Å². The highest BCUT2D eigenvalue weighted by Gasteiger charge is 2.14. The van der Waals surface area contributed by atoms with E-state index < -0.39 is 0 Å². The Morgan fingerprint density at radius 1 is 1.47 bits per heavy atom. The lowest BCUT2D eigenvalue weighted by molar-refractivity contribution is 0.417. The first-order chi connectivity index (χ1) is 8.11. The highest BCUT2D eigenvalue weighted by Crippen LogP contribution is 2.32. The molecular weight excluding hydrogens is 232 g/mol. The summed E-state index contributed by atoms with van der Waals surface area (Å²) in [5, 5.41) is 0. The summed E-state index contributed by atoms with van der Waals surface area (Å²) in [7, 11) is 3.72. The predicted molar refractivity (Wildman–Crippen MR) is 78.3 cm³/mol. The van der Waals surface area contributed by atoms with Crippen molar-refractivity contribution in [1.82, 2.24) is 0 Å². The molecule has 0 aliphatic rings. The third kappa shape index (κ3) is 3.46. The van der Waals surface area contributed by atoms with Gasteiger partial charge in [0.1, 0.15) is 5.75 Å². The number of benzene rings is 1. The summed E-state index contributed by atoms with van der Waals surface area (Å²) in [6, 6.07) is 6.37. The van der Waals surface area contributed by atoms with Gasteiger partial charge in [0.2, 0.25) is 0 Å². The predicted octanol–water partition coefficient (Wildman–Crippen LogP) is 2.86. The Hall–Kier alpha value is -1.03. The maximum atomic E-state index is 6.09. The molecule has 4 heteroatoms. The number of nitrogen functional groups attached to an aromatic ring is 1. The van der Waals surface area contributed by atoms with Crippen molar-refractivity contribution >= 4 is 23.1 Å². The van der Waals surface area contributed by atoms with Gasteiger partial charge in [-0.15, -0.1) is 0 Å². The first-order valence-electron chi connectivity index (χ1n) is 5.76. The Bertz CT molecular complexity index is 357. The van der Waals surface area contributed by atoms with Gasteiger partial charge in [-0.1, -0.05) is 6.07 Å². The van der Waals surface area contributed by atoms with Crippen LogP contribution < -0.4 is 15.4 Å². The average Bonchev–Trinajstić information content (AvgIpc) is 2.35. The second-order valence-electron chi connectivity index (χ2n) is 4.13. The fourth-order valence-corrected chi connectivity index (χ4v) is 2.31. The largest absolute Gasteiger partial charge is 0.495 e. The zero-order valence-corrected chi connectivity index (χ0v) is 11.9. The summed E-state index contributed by atoms with van der Waals surface area (Å²) in [6.07, 6.45) is 3.28. The van der Waals surface area contributed by atoms with Crippen LogP contribution in [-0.2, 0) is 0 Å². The van der Waals surface area contributed by atoms with E-state index in [1.807, 2.05) is 30.0 Å². The highest BCUT2D eigenvalue weighted by molar-refractivity contribution is 7.98. The summed E-state index contributed by atoms with van der Waals surface area (Å²) < 4.78 is 5.24. The molecule has 1 aromatic rings. The van der Waals surface area contributed by atoms with Crippen LogP contribution in [0.1, 0.15) is 13.3 Å². The van der Waals surface area contributed by atoms with Crippen LogP contribution >= 0.6 is 11.8 Å². The lowest BCUT2D eigenvalue weighted by Gasteiger charge is -2.28. The molecule has 0 aliphatic heterocycles. The van der Waals surface area contributed by atoms with Crippen molar-refractivity contribution in [2.24, 2.45) is 0 Å². The van der Waals surface area contributed by atoms with Crippen LogP contribution in [0.25, 0.3) is 0 Å². The van der Waals surface area contributed by atoms with E-state index in [1.54, 1.807) is 7.11 Å². The zero-order valence-electron chi connectivity index (χ0n) is 11.1. The van der Waals surface area contributed by atoms with Gasteiger partial charge >= 0.3 is 0 Å². The van der Waals surface area contributed by atoms with E-state index in [9.17, 15) is 0 Å². The Kier molecular flexibility index (Phi) is 5.48. The molecule has 0 radical (unpaired) electrons. The fraction of sp³-hybridized carbons (Fsp3) is 0.538. The normalized spacial score (nSPS) is 12.2. The lowest BCUT2D eigenvalue weighted by Crippen LogP contribution is -2.30. The molecule has 0 aromatic heterocycles. The van der Waals surface area contributed by atoms with E-state index in [2.05, 4.69) is 25.1 Å². The molecule has 0 saturated carbocycles. The van der Waals surface area contributed by atoms with Gasteiger partial charge in [0.25, 0.3) is 0 Å². The monoisotopic (exact) mass is 254 g/mol. The molecule has 1 unspecified atom stereocenters. The Labute approximate surface area is 108 Å². The number of methoxy groups -OCH3 is 1. The number of para-hydroxylation sites is 1. The average molecular weight is 254 g/mol. The minimum Gasteiger partial charge on any atom is -0.495 e. The van der Waals surface area contributed by atoms with Gasteiger partial charge in [0.05, 0.1) is 18.5 Å². The van der Waals surface area contributed by atoms with Crippen LogP contribution in [0.15, 0.2) is 18.2 Å². The van der Waals surface area contributed by atoms with Crippen LogP contribution in [0.5, 0.6) is 5.75 Å². The quantitative estimate of drug-likeness (QED) is 0.792. The molecule has 0 aliphatic carbocycles. The van der Waals surface area contributed by atoms with Gasteiger partial charge < -0.3 is 15.4 Å². The van der Waals surface area contributed by atoms with Crippen molar-refractivity contribution < 1.29 is 4.74 Å². The molecule has 1 aromatic carbocycles. The molecule has 1 atom stereocenters. The number of hydrogen-bond donors (Lipinski definition) is 1. The maximum Gasteiger partial charge on any atom is 0.143 e. The number of ether oxygens (including phenoxy) is 1. The van der Waals surface area contributed by atoms with E-state index in [0.29, 0.717) is 11.7 Å². The van der Waals surface area contributed by atoms with Crippen LogP contribution in [0.3, 0.4) is 0 Å². The second kappa shape index (κ2) is 6.64. The number of nitrogens with zero attached hydrogens (tertiary/aromatic N) is 1. The molecule has 96 valence electrons. The van der Waals surface area contributed by atoms with E-state index in [4.69, 9.17) is 10.5 Å². The summed E-state index contributed by atoms with van der Waals surface area (Å²) in [6.45, 7) is 2.22. The zero-order chi connectivity index (χ0) is 12.8. The van der Waals surface area contributed by atoms with Crippen molar-refractivity contribution in [1.29, 1.82) is 0 Å². The molecule has 0 heterocycles. The number of anilines is 2. The molecule has 0 amide bonds. The summed E-state index contributed by atoms with van der Waals surface area (Å²) in [5.74, 6) is 1.90. The lowest BCUT2D eigenvalue weighted by atomic mass is 10.1. The fourth-order valence-electron chi connectivity index (χ4n) is 1.74. The van der Waals surface area contributed by atoms with Gasteiger partial charge in [0, 0.05) is 13.1 Å². The van der Waals surface area contributed by atoms with Crippen LogP contribution in [0.2, 0.25) is 0 Å². The van der Waals surface area contributed by atoms with E-state index >= 15 is 0 Å². The van der Waals surface area contributed by atoms with Gasteiger partial charge in [0.15, 0.2) is 0 Å². The smallest absolute Gasteiger partial charge is 0.143 e. The van der Waals surface area contributed by atoms with E-state index in [1.165, 1.54) is 0 Å². The highest BCUT2D eigenvalue weighted by atomic mass is 32.2. The van der Waals surface area contributed by atoms with Crippen LogP contribution in [0.4, 0.5) is 11.4 Å². The number of hydrogen-bond acceptors (Lipinski definition) is 4. The standard InChI is InChI=1S/C13H22N2OS/c1-10(8-9-17-4)15(2)11-6-5-7-12(16-3)13(11)14/h5-7,10H,8-9,14H2,1-4H3. The second-order valence-corrected chi connectivity index (χ2v) is 5.12. The number of rotatable bonds is 6. The number of nitrogens with two attached hydrogens (primary N) is 1. The van der Waals surface area contributed by atoms with E-state index in [0.717, 1.165) is 23.6 Å². The molecule has 17 heavy (non-hydrogen) atoms. The molecule has 0 spiro atoms. The van der Waals surface area contributed by atoms with Crippen molar-refractivity contribution in [3.63, 3.8) is 0 Å². The maximum absolute atomic E-state index is 6.09. The Morgan fingerprint density at radius 3 is 2.76 bits per heavy atom. The third-order valence-electron chi connectivity index (χ3n) is 3.04. The summed E-state index contributed by atoms with van der Waals surface area (Å²) in [5.41, 5.74) is 7.85. The van der Waals surface area contributed by atoms with Crippen LogP contribution in [-0.4, -0.2) is 32.2 Å². The van der Waals surface area contributed by atoms with Gasteiger partial charge in [-0.3, -0.25) is 0 Å². The van der Waals surface area contributed by atoms with Gasteiger partial charge in [-0.2, -0.15) is 11.8 Å². The molecule has 1 rings (SSSR count). The minimum absolute atomic E-state index is 0.469. The van der Waals surface area contributed by atoms with Crippen molar-refractivity contribution in [2.45, 2.75) is 19.4 Å². The van der Waals surface area contributed by atoms with Gasteiger partial charge in [-0.25, -0.2) is 0 Å². The number of thioether (sulfide) groups is 1. The Morgan fingerprint density at radius 2 is 2.18 bits per heavy atom. The molecular formula is C13H22N2OS. The molecule has 0 bridgehead atoms. The SMILES string of the molecule is COc1cccc(N(C)C(C)CCSC)c1N. The van der Waals surface area contributed by atoms with Crippen molar-refractivity contribution in [2.75, 3.05) is 36.8 Å². The first kappa shape index (κ1) is 14.0.